The molecule has 0 atom stereocenters. The third-order valence-electron chi connectivity index (χ3n) is 3.22. The van der Waals surface area contributed by atoms with E-state index in [1.165, 1.54) is 43.9 Å². The van der Waals surface area contributed by atoms with Crippen LogP contribution in [-0.4, -0.2) is 17.4 Å². The molecule has 0 fully saturated rings. The molecule has 1 aromatic carbocycles. The topological polar surface area (TPSA) is 72.2 Å². The molecular formula is C15H21ClN2O3. The molecule has 1 N–H and O–H groups in total. The lowest BCUT2D eigenvalue weighted by Gasteiger charge is -2.06. The van der Waals surface area contributed by atoms with Gasteiger partial charge in [0.05, 0.1) is 15.5 Å². The summed E-state index contributed by atoms with van der Waals surface area (Å²) in [5.74, 6) is -0.364. The van der Waals surface area contributed by atoms with Crippen LogP contribution in [0.2, 0.25) is 5.02 Å². The lowest BCUT2D eigenvalue weighted by molar-refractivity contribution is -0.384. The van der Waals surface area contributed by atoms with Gasteiger partial charge in [-0.15, -0.1) is 0 Å². The van der Waals surface area contributed by atoms with Crippen molar-refractivity contribution in [3.8, 4) is 0 Å². The van der Waals surface area contributed by atoms with Crippen molar-refractivity contribution < 1.29 is 9.72 Å². The number of carbonyl (C=O) groups is 1. The highest BCUT2D eigenvalue weighted by molar-refractivity contribution is 6.33. The maximum Gasteiger partial charge on any atom is 0.270 e. The number of hydrogen-bond acceptors (Lipinski definition) is 3. The summed E-state index contributed by atoms with van der Waals surface area (Å²) in [5, 5.41) is 13.7. The highest BCUT2D eigenvalue weighted by Gasteiger charge is 2.15. The van der Waals surface area contributed by atoms with Gasteiger partial charge in [-0.3, -0.25) is 14.9 Å². The summed E-state index contributed by atoms with van der Waals surface area (Å²) in [7, 11) is 0. The van der Waals surface area contributed by atoms with E-state index < -0.39 is 4.92 Å². The maximum atomic E-state index is 12.0. The highest BCUT2D eigenvalue weighted by atomic mass is 35.5. The zero-order valence-corrected chi connectivity index (χ0v) is 13.0. The number of benzene rings is 1. The van der Waals surface area contributed by atoms with Crippen LogP contribution in [0.25, 0.3) is 0 Å². The molecule has 5 nitrogen and oxygen atoms in total. The molecule has 0 heterocycles. The summed E-state index contributed by atoms with van der Waals surface area (Å²) in [6.07, 6.45) is 6.82. The van der Waals surface area contributed by atoms with Crippen molar-refractivity contribution in [2.24, 2.45) is 0 Å². The summed E-state index contributed by atoms with van der Waals surface area (Å²) in [6, 6.07) is 3.87. The first-order valence-electron chi connectivity index (χ1n) is 7.28. The Labute approximate surface area is 129 Å². The first kappa shape index (κ1) is 17.4. The predicted molar refractivity (Wildman–Crippen MR) is 83.8 cm³/mol. The van der Waals surface area contributed by atoms with E-state index in [0.29, 0.717) is 6.54 Å². The molecule has 0 unspecified atom stereocenters. The smallest absolute Gasteiger partial charge is 0.270 e. The molecule has 1 aromatic rings. The Hall–Kier alpha value is -1.62. The number of rotatable bonds is 9. The standard InChI is InChI=1S/C15H21ClN2O3/c1-2-3-4-5-6-7-10-17-15(19)13-11-12(18(20)21)8-9-14(13)16/h8-9,11H,2-7,10H2,1H3,(H,17,19). The number of amides is 1. The molecule has 0 aromatic heterocycles. The molecule has 6 heteroatoms. The first-order valence-corrected chi connectivity index (χ1v) is 7.66. The summed E-state index contributed by atoms with van der Waals surface area (Å²) in [4.78, 5) is 22.1. The largest absolute Gasteiger partial charge is 0.352 e. The van der Waals surface area contributed by atoms with Crippen molar-refractivity contribution >= 4 is 23.2 Å². The van der Waals surface area contributed by atoms with Gasteiger partial charge in [-0.05, 0) is 12.5 Å². The third kappa shape index (κ3) is 6.12. The number of nitrogens with one attached hydrogen (secondary N) is 1. The third-order valence-corrected chi connectivity index (χ3v) is 3.55. The Morgan fingerprint density at radius 1 is 1.24 bits per heavy atom. The van der Waals surface area contributed by atoms with Crippen LogP contribution in [0.3, 0.4) is 0 Å². The maximum absolute atomic E-state index is 12.0. The van der Waals surface area contributed by atoms with E-state index in [0.717, 1.165) is 12.8 Å². The van der Waals surface area contributed by atoms with Crippen LogP contribution in [-0.2, 0) is 0 Å². The number of halogens is 1. The van der Waals surface area contributed by atoms with Crippen LogP contribution in [0, 0.1) is 10.1 Å². The number of hydrogen-bond donors (Lipinski definition) is 1. The summed E-state index contributed by atoms with van der Waals surface area (Å²) >= 11 is 5.91. The minimum absolute atomic E-state index is 0.135. The second-order valence-corrected chi connectivity index (χ2v) is 5.35. The number of carbonyl (C=O) groups excluding carboxylic acids is 1. The Morgan fingerprint density at radius 3 is 2.57 bits per heavy atom. The Kier molecular flexibility index (Phi) is 7.75. The van der Waals surface area contributed by atoms with Gasteiger partial charge in [-0.2, -0.15) is 0 Å². The molecule has 0 spiro atoms. The molecule has 0 saturated heterocycles. The molecule has 1 amide bonds. The first-order chi connectivity index (χ1) is 10.1. The van der Waals surface area contributed by atoms with Gasteiger partial charge in [0.1, 0.15) is 0 Å². The van der Waals surface area contributed by atoms with E-state index >= 15 is 0 Å². The van der Waals surface area contributed by atoms with Crippen LogP contribution in [0.5, 0.6) is 0 Å². The summed E-state index contributed by atoms with van der Waals surface area (Å²) < 4.78 is 0. The van der Waals surface area contributed by atoms with Gasteiger partial charge in [-0.1, -0.05) is 50.6 Å². The van der Waals surface area contributed by atoms with Crippen LogP contribution < -0.4 is 5.32 Å². The van der Waals surface area contributed by atoms with Crippen molar-refractivity contribution in [3.05, 3.63) is 38.9 Å². The van der Waals surface area contributed by atoms with E-state index in [1.54, 1.807) is 0 Å². The zero-order valence-electron chi connectivity index (χ0n) is 12.2. The number of nitrogens with zero attached hydrogens (tertiary/aromatic N) is 1. The van der Waals surface area contributed by atoms with E-state index in [4.69, 9.17) is 11.6 Å². The van der Waals surface area contributed by atoms with Crippen molar-refractivity contribution in [1.82, 2.24) is 5.32 Å². The van der Waals surface area contributed by atoms with Crippen LogP contribution in [0.4, 0.5) is 5.69 Å². The normalized spacial score (nSPS) is 10.4. The number of nitro benzene ring substituents is 1. The molecule has 0 aliphatic carbocycles. The number of unbranched alkanes of at least 4 members (excludes halogenated alkanes) is 5. The molecule has 21 heavy (non-hydrogen) atoms. The lowest BCUT2D eigenvalue weighted by atomic mass is 10.1. The van der Waals surface area contributed by atoms with Gasteiger partial charge < -0.3 is 5.32 Å². The number of nitro groups is 1. The average Bonchev–Trinajstić information content (AvgIpc) is 2.46. The molecule has 0 radical (unpaired) electrons. The van der Waals surface area contributed by atoms with Gasteiger partial charge >= 0.3 is 0 Å². The van der Waals surface area contributed by atoms with E-state index in [1.807, 2.05) is 0 Å². The molecular weight excluding hydrogens is 292 g/mol. The highest BCUT2D eigenvalue weighted by Crippen LogP contribution is 2.21. The fourth-order valence-corrected chi connectivity index (χ4v) is 2.21. The van der Waals surface area contributed by atoms with E-state index in [9.17, 15) is 14.9 Å². The molecule has 0 aliphatic rings. The van der Waals surface area contributed by atoms with Crippen molar-refractivity contribution in [1.29, 1.82) is 0 Å². The quantitative estimate of drug-likeness (QED) is 0.419. The van der Waals surface area contributed by atoms with Gasteiger partial charge in [0.25, 0.3) is 11.6 Å². The predicted octanol–water partition coefficient (Wildman–Crippen LogP) is 4.34. The monoisotopic (exact) mass is 312 g/mol. The molecule has 0 saturated carbocycles. The fraction of sp³-hybridized carbons (Fsp3) is 0.533. The molecule has 116 valence electrons. The zero-order chi connectivity index (χ0) is 15.7. The van der Waals surface area contributed by atoms with E-state index in [-0.39, 0.29) is 22.2 Å². The van der Waals surface area contributed by atoms with Gasteiger partial charge in [0.2, 0.25) is 0 Å². The van der Waals surface area contributed by atoms with Crippen LogP contribution in [0.1, 0.15) is 55.8 Å². The fourth-order valence-electron chi connectivity index (χ4n) is 2.00. The van der Waals surface area contributed by atoms with Crippen molar-refractivity contribution in [2.45, 2.75) is 45.4 Å². The van der Waals surface area contributed by atoms with Crippen molar-refractivity contribution in [2.75, 3.05) is 6.54 Å². The van der Waals surface area contributed by atoms with Gasteiger partial charge in [0, 0.05) is 18.7 Å². The molecule has 0 bridgehead atoms. The molecule has 1 rings (SSSR count). The average molecular weight is 313 g/mol. The second-order valence-electron chi connectivity index (χ2n) is 4.94. The van der Waals surface area contributed by atoms with Crippen molar-refractivity contribution in [3.63, 3.8) is 0 Å². The van der Waals surface area contributed by atoms with Gasteiger partial charge in [0.15, 0.2) is 0 Å². The Bertz CT molecular complexity index is 492. The van der Waals surface area contributed by atoms with Gasteiger partial charge in [-0.25, -0.2) is 0 Å². The number of non-ortho nitro benzene ring substituents is 1. The molecule has 0 aliphatic heterocycles. The minimum atomic E-state index is -0.541. The lowest BCUT2D eigenvalue weighted by Crippen LogP contribution is -2.24. The Morgan fingerprint density at radius 2 is 1.90 bits per heavy atom. The Balaban J connectivity index is 2.41. The summed E-state index contributed by atoms with van der Waals surface area (Å²) in [5.41, 5.74) is 0.0148. The minimum Gasteiger partial charge on any atom is -0.352 e. The SMILES string of the molecule is CCCCCCCCNC(=O)c1cc([N+](=O)[O-])ccc1Cl. The van der Waals surface area contributed by atoms with Crippen LogP contribution in [0.15, 0.2) is 18.2 Å². The van der Waals surface area contributed by atoms with Crippen LogP contribution >= 0.6 is 11.6 Å². The summed E-state index contributed by atoms with van der Waals surface area (Å²) in [6.45, 7) is 2.73. The second kappa shape index (κ2) is 9.34. The van der Waals surface area contributed by atoms with E-state index in [2.05, 4.69) is 12.2 Å².